The second-order valence-electron chi connectivity index (χ2n) is 9.37. The van der Waals surface area contributed by atoms with Gasteiger partial charge >= 0.3 is 12.4 Å². The average Bonchev–Trinajstić information content (AvgIpc) is 3.39. The number of alkyl halides is 7. The number of aryl methyl sites for hydroxylation is 1. The maximum absolute atomic E-state index is 15.0. The molecule has 1 unspecified atom stereocenters. The zero-order valence-electron chi connectivity index (χ0n) is 20.5. The van der Waals surface area contributed by atoms with Crippen molar-refractivity contribution in [3.8, 4) is 11.3 Å². The number of rotatable bonds is 4. The summed E-state index contributed by atoms with van der Waals surface area (Å²) < 4.78 is 110. The lowest BCUT2D eigenvalue weighted by Gasteiger charge is -2.29. The fourth-order valence-corrected chi connectivity index (χ4v) is 4.33. The van der Waals surface area contributed by atoms with E-state index in [1.807, 2.05) is 0 Å². The second-order valence-corrected chi connectivity index (χ2v) is 9.37. The SMILES string of the molecule is Cc1cc(F)c(-c2cc(C(F)(F)F)c3c(N)ncnn23)cc1C(=O)N[C@@H]1CN(C(=O)C(C)(O)C(F)(F)F)C[C@@H]1F. The number of nitrogens with one attached hydrogen (secondary N) is 1. The lowest BCUT2D eigenvalue weighted by molar-refractivity contribution is -0.249. The largest absolute Gasteiger partial charge is 0.426 e. The molecular formula is C23H20F8N6O3. The lowest BCUT2D eigenvalue weighted by atomic mass is 10.0. The van der Waals surface area contributed by atoms with Crippen LogP contribution in [-0.2, 0) is 11.0 Å². The number of nitrogen functional groups attached to an aromatic ring is 1. The van der Waals surface area contributed by atoms with Crippen molar-refractivity contribution in [3.05, 3.63) is 47.0 Å². The van der Waals surface area contributed by atoms with E-state index in [0.717, 1.165) is 18.5 Å². The number of carbonyl (C=O) groups excluding carboxylic acids is 2. The molecule has 2 aromatic heterocycles. The van der Waals surface area contributed by atoms with Gasteiger partial charge in [0.1, 0.15) is 23.8 Å². The smallest absolute Gasteiger partial charge is 0.382 e. The number of amides is 2. The van der Waals surface area contributed by atoms with Crippen LogP contribution in [0.15, 0.2) is 24.5 Å². The van der Waals surface area contributed by atoms with Gasteiger partial charge in [-0.25, -0.2) is 18.3 Å². The van der Waals surface area contributed by atoms with Crippen LogP contribution in [0, 0.1) is 12.7 Å². The van der Waals surface area contributed by atoms with Gasteiger partial charge in [-0.15, -0.1) is 0 Å². The summed E-state index contributed by atoms with van der Waals surface area (Å²) in [5.74, 6) is -4.44. The molecule has 0 aliphatic carbocycles. The number of aromatic nitrogens is 3. The third-order valence-corrected chi connectivity index (χ3v) is 6.54. The third kappa shape index (κ3) is 4.89. The van der Waals surface area contributed by atoms with Gasteiger partial charge in [0.05, 0.1) is 23.8 Å². The van der Waals surface area contributed by atoms with Crippen molar-refractivity contribution in [3.63, 3.8) is 0 Å². The number of anilines is 1. The molecule has 1 aliphatic rings. The van der Waals surface area contributed by atoms with Gasteiger partial charge in [0, 0.05) is 17.7 Å². The maximum Gasteiger partial charge on any atom is 0.426 e. The zero-order valence-corrected chi connectivity index (χ0v) is 20.5. The van der Waals surface area contributed by atoms with Crippen molar-refractivity contribution < 1.29 is 49.8 Å². The van der Waals surface area contributed by atoms with E-state index in [9.17, 15) is 45.4 Å². The number of likely N-dealkylation sites (tertiary alicyclic amines) is 1. The van der Waals surface area contributed by atoms with Crippen molar-refractivity contribution in [2.45, 2.75) is 44.0 Å². The van der Waals surface area contributed by atoms with E-state index in [2.05, 4.69) is 15.4 Å². The van der Waals surface area contributed by atoms with E-state index in [4.69, 9.17) is 5.73 Å². The molecule has 3 heterocycles. The minimum atomic E-state index is -5.34. The minimum Gasteiger partial charge on any atom is -0.382 e. The Labute approximate surface area is 219 Å². The highest BCUT2D eigenvalue weighted by molar-refractivity contribution is 5.97. The molecule has 0 bridgehead atoms. The number of hydrogen-bond donors (Lipinski definition) is 3. The summed E-state index contributed by atoms with van der Waals surface area (Å²) in [6.07, 6.45) is -11.5. The molecule has 0 saturated carbocycles. The number of hydrogen-bond acceptors (Lipinski definition) is 6. The number of nitrogens with zero attached hydrogens (tertiary/aromatic N) is 4. The quantitative estimate of drug-likeness (QED) is 0.408. The molecule has 3 aromatic rings. The molecular weight excluding hydrogens is 560 g/mol. The van der Waals surface area contributed by atoms with E-state index in [1.165, 1.54) is 6.92 Å². The monoisotopic (exact) mass is 580 g/mol. The van der Waals surface area contributed by atoms with Crippen LogP contribution in [0.5, 0.6) is 0 Å². The van der Waals surface area contributed by atoms with Crippen LogP contribution in [-0.4, -0.2) is 73.5 Å². The Morgan fingerprint density at radius 3 is 2.38 bits per heavy atom. The van der Waals surface area contributed by atoms with Crippen LogP contribution in [0.4, 0.5) is 40.9 Å². The van der Waals surface area contributed by atoms with E-state index in [0.29, 0.717) is 15.5 Å². The molecule has 216 valence electrons. The summed E-state index contributed by atoms with van der Waals surface area (Å²) in [5, 5.41) is 15.5. The first kappa shape index (κ1) is 29.0. The Morgan fingerprint density at radius 1 is 1.12 bits per heavy atom. The molecule has 3 atom stereocenters. The van der Waals surface area contributed by atoms with Crippen LogP contribution >= 0.6 is 0 Å². The Balaban J connectivity index is 1.66. The number of aliphatic hydroxyl groups is 1. The van der Waals surface area contributed by atoms with Gasteiger partial charge < -0.3 is 21.1 Å². The maximum atomic E-state index is 15.0. The summed E-state index contributed by atoms with van der Waals surface area (Å²) in [7, 11) is 0. The van der Waals surface area contributed by atoms with Crippen LogP contribution in [0.2, 0.25) is 0 Å². The van der Waals surface area contributed by atoms with Crippen LogP contribution < -0.4 is 11.1 Å². The Morgan fingerprint density at radius 2 is 1.77 bits per heavy atom. The predicted molar refractivity (Wildman–Crippen MR) is 122 cm³/mol. The molecule has 1 saturated heterocycles. The Bertz CT molecular complexity index is 1500. The van der Waals surface area contributed by atoms with Crippen LogP contribution in [0.1, 0.15) is 28.4 Å². The lowest BCUT2D eigenvalue weighted by Crippen LogP contribution is -2.56. The first-order valence-corrected chi connectivity index (χ1v) is 11.4. The van der Waals surface area contributed by atoms with Gasteiger partial charge in [-0.1, -0.05) is 0 Å². The molecule has 0 spiro atoms. The van der Waals surface area contributed by atoms with Gasteiger partial charge in [0.2, 0.25) is 5.60 Å². The van der Waals surface area contributed by atoms with Crippen molar-refractivity contribution >= 4 is 23.1 Å². The standard InChI is InChI=1S/C23H20F8N6O3/c1-9-3-13(24)11(16-5-12(22(26,27)28)17-18(32)33-8-34-37(16)17)4-10(9)19(38)35-15-7-36(6-14(15)25)20(39)21(2,40)23(29,30)31/h3-5,8,14-15,40H,6-7H2,1-2H3,(H,35,38)(H2,32,33,34)/t14-,15+,21?/m0/s1. The second kappa shape index (κ2) is 9.57. The summed E-state index contributed by atoms with van der Waals surface area (Å²) in [6, 6.07) is 0.812. The molecule has 1 fully saturated rings. The zero-order chi connectivity index (χ0) is 29.9. The fraction of sp³-hybridized carbons (Fsp3) is 0.391. The van der Waals surface area contributed by atoms with E-state index in [1.54, 1.807) is 0 Å². The van der Waals surface area contributed by atoms with Crippen molar-refractivity contribution in [2.24, 2.45) is 0 Å². The van der Waals surface area contributed by atoms with Gasteiger partial charge in [-0.3, -0.25) is 9.59 Å². The molecule has 0 radical (unpaired) electrons. The highest BCUT2D eigenvalue weighted by Crippen LogP contribution is 2.39. The minimum absolute atomic E-state index is 0.00820. The van der Waals surface area contributed by atoms with Gasteiger partial charge in [-0.05, 0) is 37.6 Å². The van der Waals surface area contributed by atoms with E-state index >= 15 is 4.39 Å². The summed E-state index contributed by atoms with van der Waals surface area (Å²) >= 11 is 0. The Kier molecular flexibility index (Phi) is 6.93. The molecule has 40 heavy (non-hydrogen) atoms. The van der Waals surface area contributed by atoms with Gasteiger partial charge in [0.25, 0.3) is 11.8 Å². The molecule has 17 heteroatoms. The summed E-state index contributed by atoms with van der Waals surface area (Å²) in [5.41, 5.74) is -1.36. The summed E-state index contributed by atoms with van der Waals surface area (Å²) in [6.45, 7) is -0.0795. The van der Waals surface area contributed by atoms with Crippen molar-refractivity contribution in [1.82, 2.24) is 24.8 Å². The predicted octanol–water partition coefficient (Wildman–Crippen LogP) is 3.04. The molecule has 9 nitrogen and oxygen atoms in total. The molecule has 4 N–H and O–H groups in total. The Hall–Kier alpha value is -4.02. The topological polar surface area (TPSA) is 126 Å². The number of carbonyl (C=O) groups is 2. The number of benzene rings is 1. The van der Waals surface area contributed by atoms with Crippen molar-refractivity contribution in [1.29, 1.82) is 0 Å². The first-order chi connectivity index (χ1) is 18.3. The third-order valence-electron chi connectivity index (χ3n) is 6.54. The number of halogens is 8. The number of nitrogens with two attached hydrogens (primary N) is 1. The molecule has 4 rings (SSSR count). The van der Waals surface area contributed by atoms with Crippen LogP contribution in [0.25, 0.3) is 16.8 Å². The molecule has 2 amide bonds. The summed E-state index contributed by atoms with van der Waals surface area (Å²) in [4.78, 5) is 29.1. The van der Waals surface area contributed by atoms with Gasteiger partial charge in [-0.2, -0.15) is 31.4 Å². The molecule has 1 aromatic carbocycles. The normalized spacial score (nSPS) is 19.6. The highest BCUT2D eigenvalue weighted by atomic mass is 19.4. The van der Waals surface area contributed by atoms with Gasteiger partial charge in [0.15, 0.2) is 5.82 Å². The van der Waals surface area contributed by atoms with E-state index < -0.39 is 89.0 Å². The average molecular weight is 580 g/mol. The van der Waals surface area contributed by atoms with Crippen molar-refractivity contribution in [2.75, 3.05) is 18.8 Å². The van der Waals surface area contributed by atoms with Crippen LogP contribution in [0.3, 0.4) is 0 Å². The fourth-order valence-electron chi connectivity index (χ4n) is 4.33. The first-order valence-electron chi connectivity index (χ1n) is 11.4. The number of fused-ring (bicyclic) bond motifs is 1. The molecule has 1 aliphatic heterocycles. The van der Waals surface area contributed by atoms with E-state index in [-0.39, 0.29) is 18.1 Å². The highest BCUT2D eigenvalue weighted by Gasteiger charge is 2.58.